The largest absolute Gasteiger partial charge is 0.505 e. The summed E-state index contributed by atoms with van der Waals surface area (Å²) in [5.74, 6) is -13.9. The first-order valence-corrected chi connectivity index (χ1v) is 16.1. The van der Waals surface area contributed by atoms with Crippen molar-refractivity contribution >= 4 is 40.6 Å². The highest BCUT2D eigenvalue weighted by molar-refractivity contribution is 6.32. The molecule has 0 radical (unpaired) electrons. The van der Waals surface area contributed by atoms with Crippen LogP contribution in [0, 0.1) is 23.7 Å². The van der Waals surface area contributed by atoms with Gasteiger partial charge in [0.15, 0.2) is 34.7 Å². The van der Waals surface area contributed by atoms with E-state index in [-0.39, 0.29) is 30.0 Å². The molecule has 2 amide bonds. The fourth-order valence-electron chi connectivity index (χ4n) is 7.84. The minimum atomic E-state index is -3.05. The standard InChI is InChI=1S/C33H45N5O9/c1-15-16-9-10-17(36-18(39)13-35-32(2,3)4)25(40)20(16)26(41)21-19(15)27(42)23-24(37(5)6)28(43)22(30(45)33(23,47)29(21)44)31(46)34-14-38-11-7-8-12-38/h9-10,15,19,21-24,27,35,40,42,47H,7-8,11-14H2,1-6H3,(H,34,46)(H,36,39)/t15?,19?,21?,22?,23?,24-,27?,33-/m0/s1. The van der Waals surface area contributed by atoms with Crippen molar-refractivity contribution in [3.63, 3.8) is 0 Å². The molecule has 3 aliphatic carbocycles. The topological polar surface area (TPSA) is 206 Å². The monoisotopic (exact) mass is 655 g/mol. The van der Waals surface area contributed by atoms with Crippen LogP contribution in [0.3, 0.4) is 0 Å². The van der Waals surface area contributed by atoms with Crippen LogP contribution in [0.5, 0.6) is 5.75 Å². The van der Waals surface area contributed by atoms with E-state index in [2.05, 4.69) is 16.0 Å². The van der Waals surface area contributed by atoms with Gasteiger partial charge in [-0.05, 0) is 78.3 Å². The third-order valence-corrected chi connectivity index (χ3v) is 10.2. The molecule has 256 valence electrons. The Morgan fingerprint density at radius 3 is 2.30 bits per heavy atom. The number of nitrogens with zero attached hydrogens (tertiary/aromatic N) is 2. The number of phenolic OH excluding ortho intramolecular Hbond substituents is 1. The lowest BCUT2D eigenvalue weighted by Crippen LogP contribution is -2.77. The highest BCUT2D eigenvalue weighted by atomic mass is 16.3. The Hall–Kier alpha value is -3.56. The second-order valence-electron chi connectivity index (χ2n) is 14.6. The summed E-state index contributed by atoms with van der Waals surface area (Å²) >= 11 is 0. The molecule has 1 aromatic rings. The number of nitrogens with one attached hydrogen (secondary N) is 3. The van der Waals surface area contributed by atoms with Crippen molar-refractivity contribution in [1.82, 2.24) is 20.4 Å². The SMILES string of the molecule is CC1c2ccc(NC(=O)CNC(C)(C)C)c(O)c2C(=O)C2C(=O)[C@]3(O)C(=O)C(C(=O)NCN4CCCC4)C(=O)[C@@H](N(C)C)C3C(O)C21. The summed E-state index contributed by atoms with van der Waals surface area (Å²) in [6.07, 6.45) is 0.168. The maximum Gasteiger partial charge on any atom is 0.239 e. The highest BCUT2D eigenvalue weighted by Crippen LogP contribution is 2.55. The summed E-state index contributed by atoms with van der Waals surface area (Å²) in [5, 5.41) is 43.4. The van der Waals surface area contributed by atoms with Crippen molar-refractivity contribution in [3.05, 3.63) is 23.3 Å². The maximum absolute atomic E-state index is 14.4. The van der Waals surface area contributed by atoms with E-state index in [0.29, 0.717) is 5.56 Å². The van der Waals surface area contributed by atoms with E-state index in [1.807, 2.05) is 25.7 Å². The molecule has 0 spiro atoms. The van der Waals surface area contributed by atoms with Crippen LogP contribution in [-0.2, 0) is 24.0 Å². The van der Waals surface area contributed by atoms with E-state index in [9.17, 15) is 44.1 Å². The first kappa shape index (κ1) is 34.8. The average molecular weight is 656 g/mol. The van der Waals surface area contributed by atoms with E-state index in [1.165, 1.54) is 31.1 Å². The summed E-state index contributed by atoms with van der Waals surface area (Å²) in [5.41, 5.74) is -3.47. The van der Waals surface area contributed by atoms with Gasteiger partial charge in [0, 0.05) is 11.5 Å². The summed E-state index contributed by atoms with van der Waals surface area (Å²) in [6.45, 7) is 8.69. The number of fused-ring (bicyclic) bond motifs is 3. The Morgan fingerprint density at radius 2 is 1.70 bits per heavy atom. The summed E-state index contributed by atoms with van der Waals surface area (Å²) in [6, 6.07) is 1.53. The van der Waals surface area contributed by atoms with Gasteiger partial charge in [0.25, 0.3) is 0 Å². The molecule has 6 unspecified atom stereocenters. The van der Waals surface area contributed by atoms with Gasteiger partial charge in [0.1, 0.15) is 5.75 Å². The number of aliphatic hydroxyl groups excluding tert-OH is 1. The number of aliphatic hydroxyl groups is 2. The van der Waals surface area contributed by atoms with E-state index < -0.39 is 88.0 Å². The number of hydrogen-bond donors (Lipinski definition) is 6. The Kier molecular flexibility index (Phi) is 9.23. The minimum absolute atomic E-state index is 0.0723. The van der Waals surface area contributed by atoms with Crippen molar-refractivity contribution in [2.24, 2.45) is 23.7 Å². The third kappa shape index (κ3) is 5.79. The van der Waals surface area contributed by atoms with E-state index in [1.54, 1.807) is 6.92 Å². The molecule has 0 aromatic heterocycles. The van der Waals surface area contributed by atoms with Gasteiger partial charge < -0.3 is 31.3 Å². The highest BCUT2D eigenvalue weighted by Gasteiger charge is 2.73. The van der Waals surface area contributed by atoms with E-state index >= 15 is 0 Å². The number of aromatic hydroxyl groups is 1. The smallest absolute Gasteiger partial charge is 0.239 e. The van der Waals surface area contributed by atoms with Crippen molar-refractivity contribution in [2.45, 2.75) is 69.7 Å². The molecule has 0 bridgehead atoms. The Balaban J connectivity index is 1.51. The molecule has 14 nitrogen and oxygen atoms in total. The van der Waals surface area contributed by atoms with Gasteiger partial charge in [-0.2, -0.15) is 0 Å². The van der Waals surface area contributed by atoms with Crippen LogP contribution in [0.2, 0.25) is 0 Å². The van der Waals surface area contributed by atoms with Gasteiger partial charge in [-0.1, -0.05) is 13.0 Å². The Labute approximate surface area is 273 Å². The quantitative estimate of drug-likeness (QED) is 0.161. The lowest BCUT2D eigenvalue weighted by Gasteiger charge is -2.56. The predicted molar refractivity (Wildman–Crippen MR) is 168 cm³/mol. The van der Waals surface area contributed by atoms with Crippen LogP contribution in [0.15, 0.2) is 12.1 Å². The molecule has 1 heterocycles. The number of amides is 2. The van der Waals surface area contributed by atoms with Gasteiger partial charge in [0.2, 0.25) is 11.8 Å². The number of hydrogen-bond acceptors (Lipinski definition) is 12. The summed E-state index contributed by atoms with van der Waals surface area (Å²) in [7, 11) is 2.97. The lowest BCUT2D eigenvalue weighted by molar-refractivity contribution is -0.197. The molecular weight excluding hydrogens is 610 g/mol. The average Bonchev–Trinajstić information content (AvgIpc) is 3.51. The van der Waals surface area contributed by atoms with Gasteiger partial charge in [-0.3, -0.25) is 38.6 Å². The number of benzene rings is 1. The van der Waals surface area contributed by atoms with E-state index in [0.717, 1.165) is 25.9 Å². The fraction of sp³-hybridized carbons (Fsp3) is 0.636. The second-order valence-corrected chi connectivity index (χ2v) is 14.6. The first-order valence-electron chi connectivity index (χ1n) is 16.1. The van der Waals surface area contributed by atoms with Crippen molar-refractivity contribution in [1.29, 1.82) is 0 Å². The first-order chi connectivity index (χ1) is 21.9. The molecular formula is C33H45N5O9. The van der Waals surface area contributed by atoms with E-state index in [4.69, 9.17) is 0 Å². The van der Waals surface area contributed by atoms with Crippen LogP contribution < -0.4 is 16.0 Å². The van der Waals surface area contributed by atoms with Crippen molar-refractivity contribution in [2.75, 3.05) is 45.7 Å². The zero-order valence-electron chi connectivity index (χ0n) is 27.6. The molecule has 1 aliphatic heterocycles. The zero-order chi connectivity index (χ0) is 34.7. The predicted octanol–water partition coefficient (Wildman–Crippen LogP) is -0.590. The van der Waals surface area contributed by atoms with Crippen molar-refractivity contribution < 1.29 is 44.1 Å². The summed E-state index contributed by atoms with van der Waals surface area (Å²) < 4.78 is 0. The number of rotatable bonds is 7. The number of Topliss-reactive ketones (excluding diaryl/α,β-unsaturated/α-hetero) is 4. The lowest BCUT2D eigenvalue weighted by atomic mass is 9.49. The molecule has 6 N–H and O–H groups in total. The van der Waals surface area contributed by atoms with Gasteiger partial charge in [-0.15, -0.1) is 0 Å². The number of carbonyl (C=O) groups excluding carboxylic acids is 6. The van der Waals surface area contributed by atoms with Crippen LogP contribution in [0.25, 0.3) is 0 Å². The molecule has 1 saturated heterocycles. The maximum atomic E-state index is 14.4. The number of phenols is 1. The molecule has 5 rings (SSSR count). The minimum Gasteiger partial charge on any atom is -0.505 e. The van der Waals surface area contributed by atoms with Crippen LogP contribution >= 0.6 is 0 Å². The molecule has 8 atom stereocenters. The normalized spacial score (nSPS) is 32.6. The molecule has 14 heteroatoms. The van der Waals surface area contributed by atoms with Gasteiger partial charge in [-0.25, -0.2) is 0 Å². The summed E-state index contributed by atoms with van der Waals surface area (Å²) in [4.78, 5) is 85.6. The van der Waals surface area contributed by atoms with Crippen molar-refractivity contribution in [3.8, 4) is 5.75 Å². The van der Waals surface area contributed by atoms with Gasteiger partial charge >= 0.3 is 0 Å². The van der Waals surface area contributed by atoms with Gasteiger partial charge in [0.05, 0.1) is 48.4 Å². The third-order valence-electron chi connectivity index (χ3n) is 10.2. The Morgan fingerprint density at radius 1 is 1.06 bits per heavy atom. The second kappa shape index (κ2) is 12.5. The van der Waals surface area contributed by atoms with Crippen LogP contribution in [0.1, 0.15) is 62.4 Å². The van der Waals surface area contributed by atoms with Crippen LogP contribution in [-0.4, -0.2) is 124 Å². The molecule has 47 heavy (non-hydrogen) atoms. The number of likely N-dealkylation sites (tertiary alicyclic amines) is 1. The van der Waals surface area contributed by atoms with Crippen LogP contribution in [0.4, 0.5) is 5.69 Å². The molecule has 1 aromatic carbocycles. The Bertz CT molecular complexity index is 1510. The molecule has 4 aliphatic rings. The number of carbonyl (C=O) groups is 6. The molecule has 3 fully saturated rings. The number of anilines is 1. The molecule has 2 saturated carbocycles. The zero-order valence-corrected chi connectivity index (χ0v) is 27.6. The number of likely N-dealkylation sites (N-methyl/N-ethyl adjacent to an activating group) is 1. The fourth-order valence-corrected chi connectivity index (χ4v) is 7.84. The number of ketones is 4.